The molecule has 7 nitrogen and oxygen atoms in total. The number of hydrogen-bond donors (Lipinski definition) is 2. The fourth-order valence-corrected chi connectivity index (χ4v) is 6.69. The van der Waals surface area contributed by atoms with E-state index in [1.165, 1.54) is 11.6 Å². The SMILES string of the molecule is CCN(C(=O)NCc1ccc(F)c(F)c1)C1CCN(C[C@H]2CN([C@@H](C(=O)O)C(C)(C)C)C[C@@H]2c2ccccc2)CC1. The molecule has 2 aromatic carbocycles. The third-order valence-corrected chi connectivity index (χ3v) is 8.64. The Bertz CT molecular complexity index is 1180. The van der Waals surface area contributed by atoms with Crippen LogP contribution < -0.4 is 5.32 Å². The van der Waals surface area contributed by atoms with Crippen molar-refractivity contribution in [2.24, 2.45) is 11.3 Å². The molecule has 0 spiro atoms. The number of rotatable bonds is 9. The van der Waals surface area contributed by atoms with Gasteiger partial charge in [-0.05, 0) is 54.4 Å². The molecule has 4 rings (SSSR count). The Morgan fingerprint density at radius 2 is 1.73 bits per heavy atom. The van der Waals surface area contributed by atoms with Crippen molar-refractivity contribution in [1.82, 2.24) is 20.0 Å². The Balaban J connectivity index is 1.36. The van der Waals surface area contributed by atoms with Crippen LogP contribution in [0.1, 0.15) is 57.6 Å². The van der Waals surface area contributed by atoms with Crippen molar-refractivity contribution in [2.45, 2.75) is 65.1 Å². The zero-order valence-electron chi connectivity index (χ0n) is 24.7. The van der Waals surface area contributed by atoms with Crippen LogP contribution in [0, 0.1) is 23.0 Å². The van der Waals surface area contributed by atoms with Crippen molar-refractivity contribution in [3.63, 3.8) is 0 Å². The van der Waals surface area contributed by atoms with Crippen LogP contribution >= 0.6 is 0 Å². The molecule has 2 aliphatic heterocycles. The first-order valence-corrected chi connectivity index (χ1v) is 14.7. The monoisotopic (exact) mass is 570 g/mol. The lowest BCUT2D eigenvalue weighted by molar-refractivity contribution is -0.147. The van der Waals surface area contributed by atoms with Gasteiger partial charge in [0.05, 0.1) is 0 Å². The van der Waals surface area contributed by atoms with Crippen LogP contribution in [0.4, 0.5) is 13.6 Å². The second-order valence-corrected chi connectivity index (χ2v) is 12.6. The Morgan fingerprint density at radius 1 is 1.05 bits per heavy atom. The Hall–Kier alpha value is -3.04. The zero-order valence-corrected chi connectivity index (χ0v) is 24.7. The number of likely N-dealkylation sites (tertiary alicyclic amines) is 2. The van der Waals surface area contributed by atoms with Gasteiger partial charge in [-0.25, -0.2) is 13.6 Å². The number of carbonyl (C=O) groups is 2. The fraction of sp³-hybridized carbons (Fsp3) is 0.562. The number of carboxylic acids is 1. The molecule has 224 valence electrons. The van der Waals surface area contributed by atoms with Crippen molar-refractivity contribution >= 4 is 12.0 Å². The minimum Gasteiger partial charge on any atom is -0.480 e. The van der Waals surface area contributed by atoms with E-state index in [1.807, 2.05) is 38.7 Å². The number of hydrogen-bond acceptors (Lipinski definition) is 4. The van der Waals surface area contributed by atoms with E-state index in [9.17, 15) is 23.5 Å². The van der Waals surface area contributed by atoms with E-state index >= 15 is 0 Å². The van der Waals surface area contributed by atoms with Crippen molar-refractivity contribution in [2.75, 3.05) is 39.3 Å². The number of benzene rings is 2. The lowest BCUT2D eigenvalue weighted by atomic mass is 9.85. The molecule has 0 unspecified atom stereocenters. The Labute approximate surface area is 242 Å². The molecule has 0 radical (unpaired) electrons. The first-order valence-electron chi connectivity index (χ1n) is 14.7. The van der Waals surface area contributed by atoms with E-state index in [4.69, 9.17) is 0 Å². The first-order chi connectivity index (χ1) is 19.5. The lowest BCUT2D eigenvalue weighted by Gasteiger charge is -2.39. The molecule has 2 N–H and O–H groups in total. The van der Waals surface area contributed by atoms with Gasteiger partial charge in [0.2, 0.25) is 0 Å². The van der Waals surface area contributed by atoms with Gasteiger partial charge < -0.3 is 20.2 Å². The highest BCUT2D eigenvalue weighted by atomic mass is 19.2. The van der Waals surface area contributed by atoms with Crippen LogP contribution in [0.15, 0.2) is 48.5 Å². The van der Waals surface area contributed by atoms with Crippen molar-refractivity contribution in [3.05, 3.63) is 71.3 Å². The third kappa shape index (κ3) is 7.63. The van der Waals surface area contributed by atoms with E-state index in [-0.39, 0.29) is 30.0 Å². The smallest absolute Gasteiger partial charge is 0.321 e. The van der Waals surface area contributed by atoms with Crippen LogP contribution in [0.5, 0.6) is 0 Å². The largest absolute Gasteiger partial charge is 0.480 e. The second kappa shape index (κ2) is 13.3. The van der Waals surface area contributed by atoms with E-state index < -0.39 is 23.6 Å². The number of nitrogens with zero attached hydrogens (tertiary/aromatic N) is 3. The van der Waals surface area contributed by atoms with Gasteiger partial charge in [0.15, 0.2) is 11.6 Å². The quantitative estimate of drug-likeness (QED) is 0.435. The molecule has 0 aromatic heterocycles. The maximum Gasteiger partial charge on any atom is 0.321 e. The number of carboxylic acid groups (broad SMARTS) is 1. The molecule has 0 bridgehead atoms. The predicted molar refractivity (Wildman–Crippen MR) is 156 cm³/mol. The van der Waals surface area contributed by atoms with Gasteiger partial charge in [-0.15, -0.1) is 0 Å². The second-order valence-electron chi connectivity index (χ2n) is 12.6. The number of halogens is 2. The van der Waals surface area contributed by atoms with Crippen molar-refractivity contribution in [3.8, 4) is 0 Å². The van der Waals surface area contributed by atoms with Crippen LogP contribution in [0.25, 0.3) is 0 Å². The summed E-state index contributed by atoms with van der Waals surface area (Å²) in [6.07, 6.45) is 1.69. The maximum absolute atomic E-state index is 13.5. The number of amides is 2. The number of carbonyl (C=O) groups excluding carboxylic acids is 1. The predicted octanol–water partition coefficient (Wildman–Crippen LogP) is 5.18. The third-order valence-electron chi connectivity index (χ3n) is 8.64. The number of urea groups is 1. The summed E-state index contributed by atoms with van der Waals surface area (Å²) < 4.78 is 26.8. The molecule has 2 aliphatic rings. The number of piperidine rings is 1. The first kappa shape index (κ1) is 30.9. The van der Waals surface area contributed by atoms with E-state index in [1.54, 1.807) is 0 Å². The van der Waals surface area contributed by atoms with Gasteiger partial charge in [-0.2, -0.15) is 0 Å². The molecule has 41 heavy (non-hydrogen) atoms. The summed E-state index contributed by atoms with van der Waals surface area (Å²) in [5, 5.41) is 12.9. The standard InChI is InChI=1S/C32H44F2N4O3/c1-5-38(31(41)35-18-22-11-12-27(33)28(34)17-22)25-13-15-36(16-14-25)19-24-20-37(29(30(39)40)32(2,3)4)21-26(24)23-9-7-6-8-10-23/h6-12,17,24-26,29H,5,13-16,18-21H2,1-4H3,(H,35,41)(H,39,40)/t24-,26+,29-/m0/s1. The van der Waals surface area contributed by atoms with E-state index in [2.05, 4.69) is 39.4 Å². The van der Waals surface area contributed by atoms with Gasteiger partial charge in [-0.1, -0.05) is 57.2 Å². The number of aliphatic carboxylic acids is 1. The molecular formula is C32H44F2N4O3. The van der Waals surface area contributed by atoms with Crippen molar-refractivity contribution < 1.29 is 23.5 Å². The molecule has 9 heteroatoms. The highest BCUT2D eigenvalue weighted by Crippen LogP contribution is 2.38. The summed E-state index contributed by atoms with van der Waals surface area (Å²) in [6.45, 7) is 12.7. The van der Waals surface area contributed by atoms with E-state index in [0.29, 0.717) is 18.0 Å². The van der Waals surface area contributed by atoms with Gasteiger partial charge in [0.25, 0.3) is 0 Å². The summed E-state index contributed by atoms with van der Waals surface area (Å²) in [4.78, 5) is 31.7. The minimum absolute atomic E-state index is 0.100. The molecule has 2 saturated heterocycles. The van der Waals surface area contributed by atoms with Gasteiger partial charge in [0, 0.05) is 57.8 Å². The van der Waals surface area contributed by atoms with Crippen LogP contribution in [0.2, 0.25) is 0 Å². The van der Waals surface area contributed by atoms with Gasteiger partial charge in [-0.3, -0.25) is 9.69 Å². The molecule has 2 amide bonds. The molecule has 0 aliphatic carbocycles. The molecule has 2 heterocycles. The summed E-state index contributed by atoms with van der Waals surface area (Å²) in [7, 11) is 0. The summed E-state index contributed by atoms with van der Waals surface area (Å²) in [6, 6.07) is 13.4. The Kier molecular flexibility index (Phi) is 10.0. The highest BCUT2D eigenvalue weighted by molar-refractivity contribution is 5.75. The maximum atomic E-state index is 13.5. The highest BCUT2D eigenvalue weighted by Gasteiger charge is 2.44. The fourth-order valence-electron chi connectivity index (χ4n) is 6.69. The molecule has 2 aromatic rings. The lowest BCUT2D eigenvalue weighted by Crippen LogP contribution is -2.51. The summed E-state index contributed by atoms with van der Waals surface area (Å²) in [5.41, 5.74) is 1.39. The topological polar surface area (TPSA) is 76.1 Å². The number of nitrogens with one attached hydrogen (secondary N) is 1. The van der Waals surface area contributed by atoms with Crippen LogP contribution in [-0.4, -0.2) is 83.2 Å². The summed E-state index contributed by atoms with van der Waals surface area (Å²) >= 11 is 0. The van der Waals surface area contributed by atoms with Gasteiger partial charge in [0.1, 0.15) is 6.04 Å². The average molecular weight is 571 g/mol. The summed E-state index contributed by atoms with van der Waals surface area (Å²) in [5.74, 6) is -2.04. The molecular weight excluding hydrogens is 526 g/mol. The molecule has 2 fully saturated rings. The van der Waals surface area contributed by atoms with Crippen molar-refractivity contribution in [1.29, 1.82) is 0 Å². The normalized spacial score (nSPS) is 21.5. The van der Waals surface area contributed by atoms with Crippen LogP contribution in [0.3, 0.4) is 0 Å². The molecule has 0 saturated carbocycles. The van der Waals surface area contributed by atoms with Gasteiger partial charge >= 0.3 is 12.0 Å². The Morgan fingerprint density at radius 3 is 2.32 bits per heavy atom. The minimum atomic E-state index is -0.923. The van der Waals surface area contributed by atoms with E-state index in [0.717, 1.165) is 57.7 Å². The average Bonchev–Trinajstić information content (AvgIpc) is 3.32. The van der Waals surface area contributed by atoms with Crippen LogP contribution in [-0.2, 0) is 11.3 Å². The molecule has 3 atom stereocenters. The zero-order chi connectivity index (χ0) is 29.7.